The van der Waals surface area contributed by atoms with E-state index < -0.39 is 29.9 Å². The van der Waals surface area contributed by atoms with E-state index in [-0.39, 0.29) is 5.57 Å². The predicted octanol–water partition coefficient (Wildman–Crippen LogP) is 3.35. The van der Waals surface area contributed by atoms with Crippen LogP contribution in [0.3, 0.4) is 0 Å². The molecule has 3 aromatic rings. The molecule has 4 rings (SSSR count). The average molecular weight is 447 g/mol. The van der Waals surface area contributed by atoms with E-state index >= 15 is 0 Å². The number of anilines is 1. The summed E-state index contributed by atoms with van der Waals surface area (Å²) in [5.41, 5.74) is 1.37. The van der Waals surface area contributed by atoms with Crippen LogP contribution in [0.2, 0.25) is 0 Å². The number of fused-ring (bicyclic) bond motifs is 1. The SMILES string of the molecule is CCOc1ccc(N2C(=O)NC(=O)/C(=C\c3ccc4c(ccn4[C@H](C)C(=O)O)c3)C2=O)cc1. The Morgan fingerprint density at radius 3 is 2.52 bits per heavy atom. The molecule has 0 saturated carbocycles. The lowest BCUT2D eigenvalue weighted by Gasteiger charge is -2.26. The fourth-order valence-electron chi connectivity index (χ4n) is 3.65. The summed E-state index contributed by atoms with van der Waals surface area (Å²) in [5.74, 6) is -1.90. The largest absolute Gasteiger partial charge is 0.494 e. The predicted molar refractivity (Wildman–Crippen MR) is 121 cm³/mol. The second-order valence-corrected chi connectivity index (χ2v) is 7.44. The molecule has 9 nitrogen and oxygen atoms in total. The number of hydrogen-bond acceptors (Lipinski definition) is 5. The van der Waals surface area contributed by atoms with E-state index in [0.29, 0.717) is 29.1 Å². The summed E-state index contributed by atoms with van der Waals surface area (Å²) in [6.07, 6.45) is 3.08. The zero-order chi connectivity index (χ0) is 23.7. The molecule has 0 spiro atoms. The minimum absolute atomic E-state index is 0.193. The zero-order valence-electron chi connectivity index (χ0n) is 17.9. The number of ether oxygens (including phenoxy) is 1. The van der Waals surface area contributed by atoms with E-state index in [1.54, 1.807) is 66.2 Å². The maximum atomic E-state index is 13.1. The number of urea groups is 1. The number of aromatic nitrogens is 1. The summed E-state index contributed by atoms with van der Waals surface area (Å²) in [5, 5.41) is 12.2. The van der Waals surface area contributed by atoms with Crippen LogP contribution in [0.5, 0.6) is 5.75 Å². The number of carboxylic acid groups (broad SMARTS) is 1. The van der Waals surface area contributed by atoms with Crippen LogP contribution in [0.4, 0.5) is 10.5 Å². The van der Waals surface area contributed by atoms with Crippen LogP contribution in [0.25, 0.3) is 17.0 Å². The number of carboxylic acids is 1. The van der Waals surface area contributed by atoms with Gasteiger partial charge < -0.3 is 14.4 Å². The molecule has 4 amide bonds. The summed E-state index contributed by atoms with van der Waals surface area (Å²) in [7, 11) is 0. The van der Waals surface area contributed by atoms with Crippen molar-refractivity contribution >= 4 is 46.5 Å². The third kappa shape index (κ3) is 4.08. The Balaban J connectivity index is 1.67. The number of carbonyl (C=O) groups is 4. The van der Waals surface area contributed by atoms with Gasteiger partial charge in [0.25, 0.3) is 11.8 Å². The maximum absolute atomic E-state index is 13.1. The highest BCUT2D eigenvalue weighted by Crippen LogP contribution is 2.26. The number of imide groups is 2. The maximum Gasteiger partial charge on any atom is 0.335 e. The van der Waals surface area contributed by atoms with Crippen LogP contribution in [-0.4, -0.2) is 40.1 Å². The topological polar surface area (TPSA) is 118 Å². The van der Waals surface area contributed by atoms with Crippen molar-refractivity contribution in [3.05, 3.63) is 65.9 Å². The first-order valence-corrected chi connectivity index (χ1v) is 10.3. The van der Waals surface area contributed by atoms with Crippen LogP contribution in [-0.2, 0) is 14.4 Å². The van der Waals surface area contributed by atoms with E-state index in [1.807, 2.05) is 6.92 Å². The molecule has 2 aromatic carbocycles. The second kappa shape index (κ2) is 8.62. The van der Waals surface area contributed by atoms with Crippen LogP contribution >= 0.6 is 0 Å². The lowest BCUT2D eigenvalue weighted by molar-refractivity contribution is -0.140. The highest BCUT2D eigenvalue weighted by atomic mass is 16.5. The summed E-state index contributed by atoms with van der Waals surface area (Å²) >= 11 is 0. The van der Waals surface area contributed by atoms with E-state index in [9.17, 15) is 24.3 Å². The van der Waals surface area contributed by atoms with Gasteiger partial charge in [-0.15, -0.1) is 0 Å². The monoisotopic (exact) mass is 447 g/mol. The van der Waals surface area contributed by atoms with Crippen molar-refractivity contribution < 1.29 is 29.0 Å². The van der Waals surface area contributed by atoms with Crippen molar-refractivity contribution in [2.24, 2.45) is 0 Å². The molecule has 9 heteroatoms. The Morgan fingerprint density at radius 2 is 1.85 bits per heavy atom. The average Bonchev–Trinajstić information content (AvgIpc) is 3.20. The minimum atomic E-state index is -0.956. The number of benzene rings is 2. The van der Waals surface area contributed by atoms with Gasteiger partial charge in [-0.05, 0) is 68.0 Å². The van der Waals surface area contributed by atoms with Gasteiger partial charge in [-0.1, -0.05) is 6.07 Å². The fraction of sp³-hybridized carbons (Fsp3) is 0.167. The summed E-state index contributed by atoms with van der Waals surface area (Å²) in [4.78, 5) is 50.1. The Bertz CT molecular complexity index is 1310. The number of aliphatic carboxylic acids is 1. The molecule has 2 heterocycles. The van der Waals surface area contributed by atoms with Crippen molar-refractivity contribution in [2.45, 2.75) is 19.9 Å². The first kappa shape index (κ1) is 21.8. The van der Waals surface area contributed by atoms with Gasteiger partial charge >= 0.3 is 12.0 Å². The first-order chi connectivity index (χ1) is 15.8. The Hall–Kier alpha value is -4.40. The Labute approximate surface area is 188 Å². The molecule has 1 aliphatic rings. The van der Waals surface area contributed by atoms with Crippen molar-refractivity contribution in [3.8, 4) is 5.75 Å². The molecule has 0 unspecified atom stereocenters. The number of hydrogen-bond donors (Lipinski definition) is 2. The van der Waals surface area contributed by atoms with Gasteiger partial charge in [0.1, 0.15) is 17.4 Å². The number of amides is 4. The third-order valence-electron chi connectivity index (χ3n) is 5.34. The Morgan fingerprint density at radius 1 is 1.12 bits per heavy atom. The number of carbonyl (C=O) groups excluding carboxylic acids is 3. The number of barbiturate groups is 1. The highest BCUT2D eigenvalue weighted by Gasteiger charge is 2.36. The molecular formula is C24H21N3O6. The van der Waals surface area contributed by atoms with Crippen LogP contribution in [0.1, 0.15) is 25.5 Å². The zero-order valence-corrected chi connectivity index (χ0v) is 17.9. The third-order valence-corrected chi connectivity index (χ3v) is 5.34. The Kier molecular flexibility index (Phi) is 5.70. The lowest BCUT2D eigenvalue weighted by atomic mass is 10.1. The van der Waals surface area contributed by atoms with Gasteiger partial charge in [0.05, 0.1) is 12.3 Å². The molecule has 0 aliphatic carbocycles. The van der Waals surface area contributed by atoms with Gasteiger partial charge in [0, 0.05) is 17.1 Å². The summed E-state index contributed by atoms with van der Waals surface area (Å²) in [6.45, 7) is 3.90. The molecule has 0 radical (unpaired) electrons. The normalized spacial score (nSPS) is 16.2. The van der Waals surface area contributed by atoms with Crippen molar-refractivity contribution in [1.29, 1.82) is 0 Å². The van der Waals surface area contributed by atoms with Gasteiger partial charge in [-0.3, -0.25) is 14.9 Å². The number of nitrogens with one attached hydrogen (secondary N) is 1. The minimum Gasteiger partial charge on any atom is -0.494 e. The number of rotatable bonds is 6. The van der Waals surface area contributed by atoms with Gasteiger partial charge in [0.2, 0.25) is 0 Å². The summed E-state index contributed by atoms with van der Waals surface area (Å²) in [6, 6.07) is 11.7. The van der Waals surface area contributed by atoms with Crippen LogP contribution in [0.15, 0.2) is 60.3 Å². The van der Waals surface area contributed by atoms with Crippen molar-refractivity contribution in [2.75, 3.05) is 11.5 Å². The lowest BCUT2D eigenvalue weighted by Crippen LogP contribution is -2.54. The molecule has 33 heavy (non-hydrogen) atoms. The molecule has 1 aliphatic heterocycles. The molecule has 168 valence electrons. The summed E-state index contributed by atoms with van der Waals surface area (Å²) < 4.78 is 7.00. The van der Waals surface area contributed by atoms with E-state index in [1.165, 1.54) is 6.08 Å². The fourth-order valence-corrected chi connectivity index (χ4v) is 3.65. The molecule has 1 aromatic heterocycles. The first-order valence-electron chi connectivity index (χ1n) is 10.3. The number of nitrogens with zero attached hydrogens (tertiary/aromatic N) is 2. The van der Waals surface area contributed by atoms with E-state index in [2.05, 4.69) is 5.32 Å². The van der Waals surface area contributed by atoms with Crippen molar-refractivity contribution in [1.82, 2.24) is 9.88 Å². The second-order valence-electron chi connectivity index (χ2n) is 7.44. The van der Waals surface area contributed by atoms with Gasteiger partial charge in [-0.25, -0.2) is 14.5 Å². The van der Waals surface area contributed by atoms with Crippen molar-refractivity contribution in [3.63, 3.8) is 0 Å². The van der Waals surface area contributed by atoms with Crippen LogP contribution in [0, 0.1) is 0 Å². The van der Waals surface area contributed by atoms with Gasteiger partial charge in [0.15, 0.2) is 0 Å². The smallest absolute Gasteiger partial charge is 0.335 e. The van der Waals surface area contributed by atoms with Crippen LogP contribution < -0.4 is 15.0 Å². The van der Waals surface area contributed by atoms with E-state index in [4.69, 9.17) is 4.74 Å². The quantitative estimate of drug-likeness (QED) is 0.442. The highest BCUT2D eigenvalue weighted by molar-refractivity contribution is 6.39. The van der Waals surface area contributed by atoms with Gasteiger partial charge in [-0.2, -0.15) is 0 Å². The standard InChI is InChI=1S/C24H21N3O6/c1-3-33-18-7-5-17(6-8-18)27-22(29)19(21(28)25-24(27)32)13-15-4-9-20-16(12-15)10-11-26(20)14(2)23(30)31/h4-14H,3H2,1-2H3,(H,30,31)(H,25,28,32)/b19-13+/t14-/m1/s1. The molecule has 1 atom stereocenters. The molecule has 1 saturated heterocycles. The molecule has 1 fully saturated rings. The molecule has 2 N–H and O–H groups in total. The van der Waals surface area contributed by atoms with E-state index in [0.717, 1.165) is 10.3 Å². The molecular weight excluding hydrogens is 426 g/mol. The molecule has 0 bridgehead atoms.